The molecule has 1 fully saturated rings. The fourth-order valence-corrected chi connectivity index (χ4v) is 3.97. The van der Waals surface area contributed by atoms with Crippen molar-refractivity contribution in [2.24, 2.45) is 0 Å². The summed E-state index contributed by atoms with van der Waals surface area (Å²) < 4.78 is 11.6. The smallest absolute Gasteiger partial charge is 0.293 e. The Balaban J connectivity index is 1.85. The van der Waals surface area contributed by atoms with Crippen LogP contribution in [0.2, 0.25) is 0 Å². The molecule has 2 aromatic rings. The van der Waals surface area contributed by atoms with Gasteiger partial charge >= 0.3 is 0 Å². The third-order valence-corrected chi connectivity index (χ3v) is 6.12. The summed E-state index contributed by atoms with van der Waals surface area (Å²) in [5.41, 5.74) is 1.19. The molecule has 1 N–H and O–H groups in total. The molecular formula is C18H16BrN3O5S2. The number of imide groups is 1. The van der Waals surface area contributed by atoms with Crippen molar-refractivity contribution < 1.29 is 24.2 Å². The number of aromatic nitrogens is 2. The van der Waals surface area contributed by atoms with E-state index in [1.165, 1.54) is 32.0 Å². The minimum atomic E-state index is -0.377. The van der Waals surface area contributed by atoms with Gasteiger partial charge in [0.25, 0.3) is 11.1 Å². The van der Waals surface area contributed by atoms with Crippen LogP contribution in [0.1, 0.15) is 11.1 Å². The number of halogens is 1. The van der Waals surface area contributed by atoms with Crippen molar-refractivity contribution in [3.63, 3.8) is 0 Å². The minimum absolute atomic E-state index is 0.0674. The summed E-state index contributed by atoms with van der Waals surface area (Å²) in [4.78, 5) is 33.6. The summed E-state index contributed by atoms with van der Waals surface area (Å²) >= 11 is 5.60. The Labute approximate surface area is 183 Å². The molecule has 1 aliphatic rings. The van der Waals surface area contributed by atoms with E-state index >= 15 is 0 Å². The molecule has 1 aromatic heterocycles. The number of hydrogen-bond donors (Lipinski definition) is 1. The van der Waals surface area contributed by atoms with Gasteiger partial charge in [-0.15, -0.1) is 0 Å². The highest BCUT2D eigenvalue weighted by atomic mass is 79.9. The van der Waals surface area contributed by atoms with Crippen LogP contribution in [-0.4, -0.2) is 51.5 Å². The lowest BCUT2D eigenvalue weighted by Gasteiger charge is -2.12. The number of amides is 2. The second-order valence-corrected chi connectivity index (χ2v) is 8.38. The Hall–Kier alpha value is -2.24. The monoisotopic (exact) mass is 497 g/mol. The van der Waals surface area contributed by atoms with Crippen molar-refractivity contribution >= 4 is 56.7 Å². The quantitative estimate of drug-likeness (QED) is 0.361. The van der Waals surface area contributed by atoms with Crippen molar-refractivity contribution in [1.82, 2.24) is 14.9 Å². The van der Waals surface area contributed by atoms with Gasteiger partial charge in [0.1, 0.15) is 6.61 Å². The number of aromatic hydroxyl groups is 1. The van der Waals surface area contributed by atoms with Crippen LogP contribution in [0.25, 0.3) is 6.08 Å². The molecule has 0 spiro atoms. The van der Waals surface area contributed by atoms with Gasteiger partial charge in [-0.1, -0.05) is 27.7 Å². The van der Waals surface area contributed by atoms with Gasteiger partial charge in [0.05, 0.1) is 17.6 Å². The zero-order valence-electron chi connectivity index (χ0n) is 15.6. The normalized spacial score (nSPS) is 15.3. The molecular weight excluding hydrogens is 482 g/mol. The number of likely N-dealkylation sites (N-methyl/N-ethyl adjacent to an activating group) is 1. The maximum Gasteiger partial charge on any atom is 0.293 e. The van der Waals surface area contributed by atoms with Gasteiger partial charge in [0.2, 0.25) is 5.88 Å². The molecule has 2 heterocycles. The summed E-state index contributed by atoms with van der Waals surface area (Å²) in [7, 11) is 2.93. The number of rotatable bonds is 6. The zero-order chi connectivity index (χ0) is 21.1. The summed E-state index contributed by atoms with van der Waals surface area (Å²) in [5, 5.41) is 10.5. The summed E-state index contributed by atoms with van der Waals surface area (Å²) in [5.74, 6) is 0.125. The van der Waals surface area contributed by atoms with Crippen LogP contribution in [0, 0.1) is 0 Å². The molecule has 0 atom stereocenters. The van der Waals surface area contributed by atoms with E-state index in [0.717, 1.165) is 16.7 Å². The van der Waals surface area contributed by atoms with Gasteiger partial charge in [0, 0.05) is 17.7 Å². The first-order valence-corrected chi connectivity index (χ1v) is 11.0. The highest BCUT2D eigenvalue weighted by molar-refractivity contribution is 9.10. The van der Waals surface area contributed by atoms with Crippen molar-refractivity contribution in [3.8, 4) is 17.4 Å². The van der Waals surface area contributed by atoms with Crippen LogP contribution >= 0.6 is 39.5 Å². The number of phenolic OH excluding ortho intramolecular Hbond substituents is 1. The largest absolute Gasteiger partial charge is 0.504 e. The van der Waals surface area contributed by atoms with E-state index in [0.29, 0.717) is 26.6 Å². The Kier molecular flexibility index (Phi) is 6.70. The molecule has 11 heteroatoms. The number of thioether (sulfide) groups is 2. The molecule has 152 valence electrons. The number of methoxy groups -OCH3 is 1. The second-order valence-electron chi connectivity index (χ2n) is 5.76. The Morgan fingerprint density at radius 2 is 2.14 bits per heavy atom. The van der Waals surface area contributed by atoms with E-state index in [4.69, 9.17) is 9.47 Å². The third kappa shape index (κ3) is 4.68. The summed E-state index contributed by atoms with van der Waals surface area (Å²) in [6.45, 7) is 0.0674. The Morgan fingerprint density at radius 3 is 2.76 bits per heavy atom. The predicted molar refractivity (Wildman–Crippen MR) is 114 cm³/mol. The van der Waals surface area contributed by atoms with E-state index in [-0.39, 0.29) is 34.2 Å². The van der Waals surface area contributed by atoms with Crippen molar-refractivity contribution in [2.45, 2.75) is 11.8 Å². The number of benzene rings is 1. The molecule has 8 nitrogen and oxygen atoms in total. The number of carbonyl (C=O) groups excluding carboxylic acids is 2. The second kappa shape index (κ2) is 9.06. The summed E-state index contributed by atoms with van der Waals surface area (Å²) in [6, 6.07) is 3.04. The maximum absolute atomic E-state index is 12.1. The maximum atomic E-state index is 12.1. The highest BCUT2D eigenvalue weighted by Gasteiger charge is 2.32. The average Bonchev–Trinajstić information content (AvgIpc) is 2.95. The first kappa shape index (κ1) is 21.5. The zero-order valence-corrected chi connectivity index (χ0v) is 18.9. The molecule has 1 aromatic carbocycles. The predicted octanol–water partition coefficient (Wildman–Crippen LogP) is 3.92. The molecule has 0 aliphatic carbocycles. The van der Waals surface area contributed by atoms with Gasteiger partial charge in [-0.3, -0.25) is 14.5 Å². The molecule has 1 saturated heterocycles. The van der Waals surface area contributed by atoms with Crippen molar-refractivity contribution in [1.29, 1.82) is 0 Å². The van der Waals surface area contributed by atoms with Crippen molar-refractivity contribution in [3.05, 3.63) is 38.8 Å². The number of ether oxygens (including phenoxy) is 2. The molecule has 2 amide bonds. The highest BCUT2D eigenvalue weighted by Crippen LogP contribution is 2.37. The lowest BCUT2D eigenvalue weighted by Crippen LogP contribution is -2.22. The molecule has 0 radical (unpaired) electrons. The van der Waals surface area contributed by atoms with Gasteiger partial charge in [0.15, 0.2) is 16.7 Å². The molecule has 0 bridgehead atoms. The van der Waals surface area contributed by atoms with Gasteiger partial charge in [-0.25, -0.2) is 4.98 Å². The molecule has 0 saturated carbocycles. The molecule has 1 aliphatic heterocycles. The number of hydrogen-bond acceptors (Lipinski definition) is 9. The first-order chi connectivity index (χ1) is 13.8. The van der Waals surface area contributed by atoms with Crippen LogP contribution in [0.4, 0.5) is 4.79 Å². The fraction of sp³-hybridized carbons (Fsp3) is 0.222. The third-order valence-electron chi connectivity index (χ3n) is 3.91. The van der Waals surface area contributed by atoms with E-state index in [2.05, 4.69) is 25.9 Å². The number of phenols is 1. The standard InChI is InChI=1S/C18H16BrN3O5S2/c1-22-16(24)14(29-18(22)25)5-9-4-13(12(23)6-11(9)19)27-8-10-7-20-17(28-3)21-15(10)26-2/h4-7,23H,8H2,1-3H3/b14-5-. The molecule has 3 rings (SSSR count). The van der Waals surface area contributed by atoms with E-state index in [9.17, 15) is 14.7 Å². The Bertz CT molecular complexity index is 1020. The van der Waals surface area contributed by atoms with Crippen LogP contribution in [-0.2, 0) is 11.4 Å². The van der Waals surface area contributed by atoms with E-state index < -0.39 is 0 Å². The van der Waals surface area contributed by atoms with E-state index in [1.807, 2.05) is 6.26 Å². The lowest BCUT2D eigenvalue weighted by atomic mass is 10.2. The fourth-order valence-electron chi connectivity index (χ4n) is 2.38. The minimum Gasteiger partial charge on any atom is -0.504 e. The van der Waals surface area contributed by atoms with Gasteiger partial charge in [-0.2, -0.15) is 4.98 Å². The molecule has 0 unspecified atom stereocenters. The first-order valence-electron chi connectivity index (χ1n) is 8.14. The van der Waals surface area contributed by atoms with Gasteiger partial charge < -0.3 is 14.6 Å². The lowest BCUT2D eigenvalue weighted by molar-refractivity contribution is -0.121. The van der Waals surface area contributed by atoms with E-state index in [1.54, 1.807) is 18.3 Å². The van der Waals surface area contributed by atoms with Crippen LogP contribution in [0.3, 0.4) is 0 Å². The Morgan fingerprint density at radius 1 is 1.38 bits per heavy atom. The van der Waals surface area contributed by atoms with Crippen LogP contribution in [0.5, 0.6) is 17.4 Å². The number of carbonyl (C=O) groups is 2. The van der Waals surface area contributed by atoms with Crippen LogP contribution < -0.4 is 9.47 Å². The average molecular weight is 498 g/mol. The number of nitrogens with zero attached hydrogens (tertiary/aromatic N) is 3. The summed E-state index contributed by atoms with van der Waals surface area (Å²) in [6.07, 6.45) is 5.03. The van der Waals surface area contributed by atoms with Crippen molar-refractivity contribution in [2.75, 3.05) is 20.4 Å². The molecule has 29 heavy (non-hydrogen) atoms. The van der Waals surface area contributed by atoms with Gasteiger partial charge in [-0.05, 0) is 41.8 Å². The van der Waals surface area contributed by atoms with Crippen LogP contribution in [0.15, 0.2) is 32.9 Å². The SMILES string of the molecule is COc1nc(SC)ncc1COc1cc(/C=C2\SC(=O)N(C)C2=O)c(Br)cc1O. The topological polar surface area (TPSA) is 102 Å².